The maximum absolute atomic E-state index is 13.5. The predicted octanol–water partition coefficient (Wildman–Crippen LogP) is 3.07. The molecule has 0 radical (unpaired) electrons. The number of benzene rings is 1. The number of hydrogen-bond donors (Lipinski definition) is 1. The van der Waals surface area contributed by atoms with E-state index in [1.165, 1.54) is 11.1 Å². The van der Waals surface area contributed by atoms with Gasteiger partial charge in [0.15, 0.2) is 6.61 Å². The van der Waals surface area contributed by atoms with Crippen LogP contribution in [-0.2, 0) is 22.3 Å². The molecule has 1 N–H and O–H groups in total. The number of pyridine rings is 1. The maximum Gasteiger partial charge on any atom is 0.418 e. The second kappa shape index (κ2) is 10.6. The number of nitrogens with zero attached hydrogens (tertiary/aromatic N) is 3. The summed E-state index contributed by atoms with van der Waals surface area (Å²) >= 11 is 0. The Balaban J connectivity index is 1.67. The van der Waals surface area contributed by atoms with Gasteiger partial charge in [-0.1, -0.05) is 12.1 Å². The Morgan fingerprint density at radius 1 is 1.28 bits per heavy atom. The summed E-state index contributed by atoms with van der Waals surface area (Å²) in [6.45, 7) is 2.46. The number of hydrogen-bond acceptors (Lipinski definition) is 6. The number of alkyl halides is 3. The Kier molecular flexibility index (Phi) is 7.92. The number of rotatable bonds is 9. The largest absolute Gasteiger partial charge is 0.484 e. The lowest BCUT2D eigenvalue weighted by Gasteiger charge is -2.32. The predicted molar refractivity (Wildman–Crippen MR) is 111 cm³/mol. The van der Waals surface area contributed by atoms with Crippen molar-refractivity contribution in [2.75, 3.05) is 37.9 Å². The smallest absolute Gasteiger partial charge is 0.418 e. The molecule has 1 atom stereocenters. The highest BCUT2D eigenvalue weighted by Gasteiger charge is 2.38. The van der Waals surface area contributed by atoms with E-state index in [9.17, 15) is 18.0 Å². The molecule has 7 nitrogen and oxygen atoms in total. The Bertz CT molecular complexity index is 893. The number of aliphatic hydroxyl groups is 1. The fraction of sp³-hybridized carbons (Fsp3) is 0.455. The van der Waals surface area contributed by atoms with E-state index in [1.54, 1.807) is 36.1 Å². The lowest BCUT2D eigenvalue weighted by molar-refractivity contribution is -0.137. The Morgan fingerprint density at radius 2 is 2.03 bits per heavy atom. The van der Waals surface area contributed by atoms with E-state index in [4.69, 9.17) is 14.6 Å². The van der Waals surface area contributed by atoms with Crippen molar-refractivity contribution in [1.82, 2.24) is 9.88 Å². The van der Waals surface area contributed by atoms with Crippen molar-refractivity contribution in [3.8, 4) is 5.75 Å². The fourth-order valence-corrected chi connectivity index (χ4v) is 3.57. The summed E-state index contributed by atoms with van der Waals surface area (Å²) in [6, 6.07) is 7.32. The van der Waals surface area contributed by atoms with Crippen LogP contribution in [0.15, 0.2) is 42.7 Å². The summed E-state index contributed by atoms with van der Waals surface area (Å²) < 4.78 is 51.6. The first kappa shape index (κ1) is 23.8. The van der Waals surface area contributed by atoms with Crippen LogP contribution >= 0.6 is 0 Å². The van der Waals surface area contributed by atoms with Gasteiger partial charge in [-0.05, 0) is 37.1 Å². The van der Waals surface area contributed by atoms with E-state index in [1.807, 2.05) is 0 Å². The van der Waals surface area contributed by atoms with E-state index in [0.29, 0.717) is 25.3 Å². The number of carbonyl (C=O) groups excluding carboxylic acids is 1. The van der Waals surface area contributed by atoms with Crippen LogP contribution in [0.5, 0.6) is 5.75 Å². The SMILES string of the molecule is CCOCN(c1cnccc1C(F)(F)F)C1CCN(C(=O)COc2ccc(CO)cc2)C1. The number of ether oxygens (including phenoxy) is 2. The molecule has 32 heavy (non-hydrogen) atoms. The molecular weight excluding hydrogens is 427 g/mol. The van der Waals surface area contributed by atoms with Gasteiger partial charge in [-0.25, -0.2) is 0 Å². The molecule has 1 aliphatic heterocycles. The number of likely N-dealkylation sites (tertiary alicyclic amines) is 1. The van der Waals surface area contributed by atoms with Crippen molar-refractivity contribution in [3.05, 3.63) is 53.9 Å². The molecule has 1 amide bonds. The molecule has 2 heterocycles. The second-order valence-corrected chi connectivity index (χ2v) is 7.36. The zero-order valence-corrected chi connectivity index (χ0v) is 17.7. The standard InChI is InChI=1S/C22H26F3N3O4/c1-2-31-15-28(20-11-26-9-7-19(20)22(23,24)25)17-8-10-27(12-17)21(30)14-32-18-5-3-16(13-29)4-6-18/h3-7,9,11,17,29H,2,8,10,12-15H2,1H3. The summed E-state index contributed by atoms with van der Waals surface area (Å²) in [4.78, 5) is 19.6. The summed E-state index contributed by atoms with van der Waals surface area (Å²) in [6.07, 6.45) is -1.74. The first-order valence-electron chi connectivity index (χ1n) is 10.3. The average molecular weight is 453 g/mol. The minimum absolute atomic E-state index is 0.0360. The van der Waals surface area contributed by atoms with Crippen LogP contribution in [0.1, 0.15) is 24.5 Å². The van der Waals surface area contributed by atoms with Crippen LogP contribution < -0.4 is 9.64 Å². The van der Waals surface area contributed by atoms with Gasteiger partial charge < -0.3 is 24.4 Å². The van der Waals surface area contributed by atoms with Crippen molar-refractivity contribution < 1.29 is 32.5 Å². The van der Waals surface area contributed by atoms with E-state index in [0.717, 1.165) is 17.8 Å². The average Bonchev–Trinajstić information content (AvgIpc) is 3.28. The van der Waals surface area contributed by atoms with E-state index >= 15 is 0 Å². The van der Waals surface area contributed by atoms with Crippen LogP contribution in [0.3, 0.4) is 0 Å². The lowest BCUT2D eigenvalue weighted by atomic mass is 10.1. The highest BCUT2D eigenvalue weighted by Crippen LogP contribution is 2.37. The molecule has 1 aliphatic rings. The minimum atomic E-state index is -4.53. The number of carbonyl (C=O) groups is 1. The topological polar surface area (TPSA) is 75.1 Å². The molecule has 0 bridgehead atoms. The zero-order valence-electron chi connectivity index (χ0n) is 17.7. The highest BCUT2D eigenvalue weighted by molar-refractivity contribution is 5.78. The van der Waals surface area contributed by atoms with Gasteiger partial charge in [0.05, 0.1) is 30.1 Å². The van der Waals surface area contributed by atoms with Crippen molar-refractivity contribution in [1.29, 1.82) is 0 Å². The van der Waals surface area contributed by atoms with Gasteiger partial charge >= 0.3 is 6.18 Å². The third-order valence-corrected chi connectivity index (χ3v) is 5.27. The molecule has 0 aliphatic carbocycles. The highest BCUT2D eigenvalue weighted by atomic mass is 19.4. The van der Waals surface area contributed by atoms with Crippen LogP contribution in [0, 0.1) is 0 Å². The Morgan fingerprint density at radius 3 is 2.69 bits per heavy atom. The molecule has 1 aromatic heterocycles. The van der Waals surface area contributed by atoms with Crippen molar-refractivity contribution in [3.63, 3.8) is 0 Å². The molecule has 0 saturated carbocycles. The molecule has 1 aromatic carbocycles. The van der Waals surface area contributed by atoms with E-state index in [2.05, 4.69) is 4.98 Å². The van der Waals surface area contributed by atoms with Gasteiger partial charge in [0.2, 0.25) is 0 Å². The van der Waals surface area contributed by atoms with Crippen molar-refractivity contribution in [2.24, 2.45) is 0 Å². The third-order valence-electron chi connectivity index (χ3n) is 5.27. The number of anilines is 1. The molecular formula is C22H26F3N3O4. The number of aromatic nitrogens is 1. The summed E-state index contributed by atoms with van der Waals surface area (Å²) in [7, 11) is 0. The molecule has 1 saturated heterocycles. The second-order valence-electron chi connectivity index (χ2n) is 7.36. The van der Waals surface area contributed by atoms with Crippen molar-refractivity contribution >= 4 is 11.6 Å². The molecule has 10 heteroatoms. The first-order valence-corrected chi connectivity index (χ1v) is 10.3. The van der Waals surface area contributed by atoms with E-state index < -0.39 is 11.7 Å². The van der Waals surface area contributed by atoms with Gasteiger partial charge in [-0.2, -0.15) is 13.2 Å². The van der Waals surface area contributed by atoms with Crippen LogP contribution in [-0.4, -0.2) is 60.0 Å². The summed E-state index contributed by atoms with van der Waals surface area (Å²) in [5.41, 5.74) is -0.117. The minimum Gasteiger partial charge on any atom is -0.484 e. The number of halogens is 3. The van der Waals surface area contributed by atoms with Gasteiger partial charge in [0, 0.05) is 25.9 Å². The zero-order chi connectivity index (χ0) is 23.1. The monoisotopic (exact) mass is 453 g/mol. The fourth-order valence-electron chi connectivity index (χ4n) is 3.57. The summed E-state index contributed by atoms with van der Waals surface area (Å²) in [5.74, 6) is 0.242. The normalized spacial score (nSPS) is 16.3. The molecule has 2 aromatic rings. The molecule has 0 spiro atoms. The molecule has 174 valence electrons. The lowest BCUT2D eigenvalue weighted by Crippen LogP contribution is -2.42. The number of amides is 1. The van der Waals surface area contributed by atoms with E-state index in [-0.39, 0.29) is 44.1 Å². The van der Waals surface area contributed by atoms with Crippen molar-refractivity contribution in [2.45, 2.75) is 32.2 Å². The quantitative estimate of drug-likeness (QED) is 0.589. The summed E-state index contributed by atoms with van der Waals surface area (Å²) in [5, 5.41) is 9.08. The third kappa shape index (κ3) is 5.89. The maximum atomic E-state index is 13.5. The number of aliphatic hydroxyl groups excluding tert-OH is 1. The Labute approximate surface area is 184 Å². The Hall–Kier alpha value is -2.85. The van der Waals surface area contributed by atoms with Crippen LogP contribution in [0.4, 0.5) is 18.9 Å². The van der Waals surface area contributed by atoms with Crippen LogP contribution in [0.2, 0.25) is 0 Å². The van der Waals surface area contributed by atoms with Gasteiger partial charge in [0.1, 0.15) is 12.5 Å². The molecule has 1 unspecified atom stereocenters. The first-order chi connectivity index (χ1) is 15.3. The van der Waals surface area contributed by atoms with Gasteiger partial charge in [-0.15, -0.1) is 0 Å². The molecule has 1 fully saturated rings. The van der Waals surface area contributed by atoms with Crippen LogP contribution in [0.25, 0.3) is 0 Å². The van der Waals surface area contributed by atoms with Gasteiger partial charge in [0.25, 0.3) is 5.91 Å². The van der Waals surface area contributed by atoms with Gasteiger partial charge in [-0.3, -0.25) is 9.78 Å². The molecule has 3 rings (SSSR count).